The van der Waals surface area contributed by atoms with Gasteiger partial charge in [-0.05, 0) is 50.6 Å². The van der Waals surface area contributed by atoms with Gasteiger partial charge in [-0.3, -0.25) is 4.79 Å². The van der Waals surface area contributed by atoms with Crippen LogP contribution in [0.2, 0.25) is 5.02 Å². The zero-order valence-electron chi connectivity index (χ0n) is 16.5. The molecular weight excluding hydrogens is 392 g/mol. The first-order chi connectivity index (χ1) is 13.8. The fourth-order valence-electron chi connectivity index (χ4n) is 2.87. The quantitative estimate of drug-likeness (QED) is 0.581. The summed E-state index contributed by atoms with van der Waals surface area (Å²) in [7, 11) is 0. The average molecular weight is 415 g/mol. The summed E-state index contributed by atoms with van der Waals surface area (Å²) in [5.41, 5.74) is 1.80. The summed E-state index contributed by atoms with van der Waals surface area (Å²) < 4.78 is 11.8. The normalized spacial score (nSPS) is 10.9. The number of nitrogens with one attached hydrogen (secondary N) is 2. The van der Waals surface area contributed by atoms with Gasteiger partial charge in [0.25, 0.3) is 0 Å². The highest BCUT2D eigenvalue weighted by Crippen LogP contribution is 2.33. The van der Waals surface area contributed by atoms with E-state index in [0.717, 1.165) is 5.56 Å². The maximum absolute atomic E-state index is 12.5. The molecule has 152 valence electrons. The van der Waals surface area contributed by atoms with Gasteiger partial charge in [-0.25, -0.2) is 4.79 Å². The van der Waals surface area contributed by atoms with E-state index in [-0.39, 0.29) is 24.1 Å². The number of halogens is 1. The smallest absolute Gasteiger partial charge is 0.315 e. The molecule has 0 bridgehead atoms. The Bertz CT molecular complexity index is 1090. The first-order valence-electron chi connectivity index (χ1n) is 9.35. The summed E-state index contributed by atoms with van der Waals surface area (Å²) in [4.78, 5) is 24.2. The third-order valence-corrected chi connectivity index (χ3v) is 4.47. The number of carbonyl (C=O) groups is 1. The highest BCUT2D eigenvalue weighted by molar-refractivity contribution is 6.34. The van der Waals surface area contributed by atoms with Crippen LogP contribution in [0.1, 0.15) is 19.4 Å². The van der Waals surface area contributed by atoms with Crippen molar-refractivity contribution >= 4 is 28.6 Å². The Morgan fingerprint density at radius 3 is 2.76 bits per heavy atom. The summed E-state index contributed by atoms with van der Waals surface area (Å²) in [6.45, 7) is 6.32. The predicted molar refractivity (Wildman–Crippen MR) is 115 cm³/mol. The second kappa shape index (κ2) is 9.01. The molecule has 3 aromatic rings. The number of hydrogen-bond acceptors (Lipinski definition) is 4. The van der Waals surface area contributed by atoms with Crippen LogP contribution in [-0.4, -0.2) is 25.2 Å². The molecular formula is C22H23ClN2O4. The average Bonchev–Trinajstić information content (AvgIpc) is 2.65. The van der Waals surface area contributed by atoms with Crippen LogP contribution in [0.3, 0.4) is 0 Å². The van der Waals surface area contributed by atoms with Crippen LogP contribution < -0.4 is 20.8 Å². The molecule has 7 heteroatoms. The van der Waals surface area contributed by atoms with Crippen LogP contribution in [0.5, 0.6) is 5.75 Å². The molecule has 0 unspecified atom stereocenters. The highest BCUT2D eigenvalue weighted by atomic mass is 35.5. The lowest BCUT2D eigenvalue weighted by molar-refractivity contribution is 0.234. The summed E-state index contributed by atoms with van der Waals surface area (Å²) in [6.07, 6.45) is 0. The molecule has 0 spiro atoms. The number of fused-ring (bicyclic) bond motifs is 1. The number of amides is 2. The standard InChI is InChI=1S/C22H23ClN2O4/c1-13(2)25-22(27)24-9-10-28-19-11-14(3)7-8-16(19)20-12-18(26)15-5-4-6-17(23)21(15)29-20/h4-8,11-13H,9-10H2,1-3H3,(H2,24,25,27). The van der Waals surface area contributed by atoms with Crippen molar-refractivity contribution in [1.82, 2.24) is 10.6 Å². The van der Waals surface area contributed by atoms with E-state index in [9.17, 15) is 9.59 Å². The Morgan fingerprint density at radius 1 is 1.21 bits per heavy atom. The molecule has 2 amide bonds. The summed E-state index contributed by atoms with van der Waals surface area (Å²) in [5, 5.41) is 6.28. The van der Waals surface area contributed by atoms with Crippen molar-refractivity contribution in [2.45, 2.75) is 26.8 Å². The number of carbonyl (C=O) groups excluding carboxylic acids is 1. The Labute approximate surface area is 173 Å². The third-order valence-electron chi connectivity index (χ3n) is 4.17. The molecule has 2 N–H and O–H groups in total. The maximum Gasteiger partial charge on any atom is 0.315 e. The van der Waals surface area contributed by atoms with Gasteiger partial charge in [0.1, 0.15) is 18.1 Å². The molecule has 0 radical (unpaired) electrons. The predicted octanol–water partition coefficient (Wildman–Crippen LogP) is 4.51. The molecule has 2 aromatic carbocycles. The number of hydrogen-bond donors (Lipinski definition) is 2. The molecule has 0 fully saturated rings. The maximum atomic E-state index is 12.5. The minimum Gasteiger partial charge on any atom is -0.491 e. The third kappa shape index (κ3) is 5.09. The monoisotopic (exact) mass is 414 g/mol. The lowest BCUT2D eigenvalue weighted by Gasteiger charge is -2.14. The first-order valence-corrected chi connectivity index (χ1v) is 9.73. The fraction of sp³-hybridized carbons (Fsp3) is 0.273. The van der Waals surface area contributed by atoms with Crippen molar-refractivity contribution in [2.24, 2.45) is 0 Å². The van der Waals surface area contributed by atoms with Gasteiger partial charge in [0.15, 0.2) is 11.0 Å². The largest absolute Gasteiger partial charge is 0.491 e. The van der Waals surface area contributed by atoms with Gasteiger partial charge < -0.3 is 19.8 Å². The van der Waals surface area contributed by atoms with Gasteiger partial charge in [-0.1, -0.05) is 23.7 Å². The first kappa shape index (κ1) is 20.7. The van der Waals surface area contributed by atoms with Crippen LogP contribution >= 0.6 is 11.6 Å². The molecule has 3 rings (SSSR count). The Hall–Kier alpha value is -2.99. The minimum absolute atomic E-state index is 0.0573. The lowest BCUT2D eigenvalue weighted by Crippen LogP contribution is -2.41. The van der Waals surface area contributed by atoms with E-state index in [4.69, 9.17) is 20.8 Å². The Balaban J connectivity index is 1.84. The molecule has 0 aliphatic carbocycles. The molecule has 0 aliphatic heterocycles. The van der Waals surface area contributed by atoms with E-state index in [2.05, 4.69) is 10.6 Å². The molecule has 29 heavy (non-hydrogen) atoms. The van der Waals surface area contributed by atoms with Crippen molar-refractivity contribution in [2.75, 3.05) is 13.2 Å². The van der Waals surface area contributed by atoms with Crippen LogP contribution in [0.25, 0.3) is 22.3 Å². The second-order valence-corrected chi connectivity index (χ2v) is 7.40. The van der Waals surface area contributed by atoms with E-state index in [1.807, 2.05) is 39.0 Å². The Kier molecular flexibility index (Phi) is 6.44. The van der Waals surface area contributed by atoms with Crippen LogP contribution in [0.4, 0.5) is 4.79 Å². The van der Waals surface area contributed by atoms with E-state index < -0.39 is 0 Å². The number of ether oxygens (including phenoxy) is 1. The molecule has 6 nitrogen and oxygen atoms in total. The zero-order chi connectivity index (χ0) is 21.0. The van der Waals surface area contributed by atoms with Crippen LogP contribution in [0.15, 0.2) is 51.7 Å². The van der Waals surface area contributed by atoms with Crippen LogP contribution in [0, 0.1) is 6.92 Å². The molecule has 0 atom stereocenters. The molecule has 0 saturated heterocycles. The van der Waals surface area contributed by atoms with Gasteiger partial charge in [0.05, 0.1) is 22.5 Å². The number of urea groups is 1. The molecule has 0 saturated carbocycles. The SMILES string of the molecule is Cc1ccc(-c2cc(=O)c3cccc(Cl)c3o2)c(OCCNC(=O)NC(C)C)c1. The van der Waals surface area contributed by atoms with Gasteiger partial charge in [0.2, 0.25) is 0 Å². The molecule has 1 heterocycles. The second-order valence-electron chi connectivity index (χ2n) is 6.99. The summed E-state index contributed by atoms with van der Waals surface area (Å²) in [5.74, 6) is 0.932. The van der Waals surface area contributed by atoms with Gasteiger partial charge in [-0.15, -0.1) is 0 Å². The van der Waals surface area contributed by atoms with E-state index in [1.165, 1.54) is 6.07 Å². The van der Waals surface area contributed by atoms with Crippen LogP contribution in [-0.2, 0) is 0 Å². The van der Waals surface area contributed by atoms with E-state index in [0.29, 0.717) is 39.6 Å². The van der Waals surface area contributed by atoms with Crippen molar-refractivity contribution in [3.63, 3.8) is 0 Å². The number of aryl methyl sites for hydroxylation is 1. The fourth-order valence-corrected chi connectivity index (χ4v) is 3.08. The summed E-state index contributed by atoms with van der Waals surface area (Å²) in [6, 6.07) is 11.9. The number of para-hydroxylation sites is 1. The van der Waals surface area contributed by atoms with Gasteiger partial charge in [-0.2, -0.15) is 0 Å². The zero-order valence-corrected chi connectivity index (χ0v) is 17.3. The van der Waals surface area contributed by atoms with Crippen molar-refractivity contribution < 1.29 is 13.9 Å². The number of benzene rings is 2. The Morgan fingerprint density at radius 2 is 2.00 bits per heavy atom. The molecule has 0 aliphatic rings. The lowest BCUT2D eigenvalue weighted by atomic mass is 10.1. The van der Waals surface area contributed by atoms with Crippen molar-refractivity contribution in [3.8, 4) is 17.1 Å². The van der Waals surface area contributed by atoms with Crippen molar-refractivity contribution in [1.29, 1.82) is 0 Å². The van der Waals surface area contributed by atoms with Crippen molar-refractivity contribution in [3.05, 3.63) is 63.3 Å². The summed E-state index contributed by atoms with van der Waals surface area (Å²) >= 11 is 6.21. The highest BCUT2D eigenvalue weighted by Gasteiger charge is 2.14. The van der Waals surface area contributed by atoms with Gasteiger partial charge in [0, 0.05) is 12.1 Å². The van der Waals surface area contributed by atoms with Gasteiger partial charge >= 0.3 is 6.03 Å². The van der Waals surface area contributed by atoms with E-state index in [1.54, 1.807) is 18.2 Å². The topological polar surface area (TPSA) is 80.6 Å². The number of rotatable bonds is 6. The molecule has 1 aromatic heterocycles. The minimum atomic E-state index is -0.247. The van der Waals surface area contributed by atoms with E-state index >= 15 is 0 Å².